The summed E-state index contributed by atoms with van der Waals surface area (Å²) in [6.07, 6.45) is 0. The molecule has 0 spiro atoms. The standard InChI is InChI=1S/C10H7BrClFO3/c1-2-16-10(15)9(14)5-3-4-6(11)7(12)8(5)13/h3-4H,2H2,1H3. The fourth-order valence-corrected chi connectivity index (χ4v) is 1.48. The Bertz CT molecular complexity index is 448. The summed E-state index contributed by atoms with van der Waals surface area (Å²) in [6, 6.07) is 2.56. The number of ether oxygens (including phenoxy) is 1. The van der Waals surface area contributed by atoms with E-state index in [9.17, 15) is 14.0 Å². The molecule has 1 aromatic rings. The minimum atomic E-state index is -1.10. The van der Waals surface area contributed by atoms with E-state index in [0.29, 0.717) is 4.47 Å². The van der Waals surface area contributed by atoms with E-state index in [1.54, 1.807) is 6.92 Å². The van der Waals surface area contributed by atoms with Crippen LogP contribution in [0.25, 0.3) is 0 Å². The number of benzene rings is 1. The lowest BCUT2D eigenvalue weighted by molar-refractivity contribution is -0.137. The van der Waals surface area contributed by atoms with Crippen LogP contribution in [-0.4, -0.2) is 18.4 Å². The Balaban J connectivity index is 3.10. The first kappa shape index (κ1) is 13.1. The summed E-state index contributed by atoms with van der Waals surface area (Å²) in [7, 11) is 0. The molecule has 0 aliphatic rings. The fourth-order valence-electron chi connectivity index (χ4n) is 1.01. The van der Waals surface area contributed by atoms with Crippen LogP contribution >= 0.6 is 27.5 Å². The number of hydrogen-bond acceptors (Lipinski definition) is 3. The molecule has 0 saturated carbocycles. The summed E-state index contributed by atoms with van der Waals surface area (Å²) in [4.78, 5) is 22.5. The van der Waals surface area contributed by atoms with Gasteiger partial charge in [0.25, 0.3) is 5.78 Å². The highest BCUT2D eigenvalue weighted by atomic mass is 79.9. The van der Waals surface area contributed by atoms with Gasteiger partial charge in [0.2, 0.25) is 0 Å². The smallest absolute Gasteiger partial charge is 0.379 e. The van der Waals surface area contributed by atoms with Gasteiger partial charge in [0.15, 0.2) is 5.82 Å². The van der Waals surface area contributed by atoms with Crippen molar-refractivity contribution in [1.82, 2.24) is 0 Å². The summed E-state index contributed by atoms with van der Waals surface area (Å²) < 4.78 is 18.3. The van der Waals surface area contributed by atoms with Crippen molar-refractivity contribution in [2.45, 2.75) is 6.92 Å². The molecule has 0 saturated heterocycles. The van der Waals surface area contributed by atoms with Gasteiger partial charge in [-0.1, -0.05) is 11.6 Å². The normalized spacial score (nSPS) is 10.0. The summed E-state index contributed by atoms with van der Waals surface area (Å²) in [5.41, 5.74) is -0.397. The molecule has 0 radical (unpaired) electrons. The molecule has 1 aromatic carbocycles. The van der Waals surface area contributed by atoms with Crippen LogP contribution < -0.4 is 0 Å². The summed E-state index contributed by atoms with van der Waals surface area (Å²) in [5, 5.41) is -0.241. The second-order valence-corrected chi connectivity index (χ2v) is 4.00. The molecule has 0 aliphatic carbocycles. The van der Waals surface area contributed by atoms with Crippen molar-refractivity contribution in [2.75, 3.05) is 6.61 Å². The molecule has 0 fully saturated rings. The Morgan fingerprint density at radius 3 is 2.69 bits per heavy atom. The Kier molecular flexibility index (Phi) is 4.44. The molecule has 0 atom stereocenters. The Labute approximate surface area is 105 Å². The predicted octanol–water partition coefficient (Wildman–Crippen LogP) is 2.99. The van der Waals surface area contributed by atoms with E-state index in [0.717, 1.165) is 0 Å². The number of ketones is 1. The van der Waals surface area contributed by atoms with Crippen molar-refractivity contribution in [3.63, 3.8) is 0 Å². The van der Waals surface area contributed by atoms with Crippen molar-refractivity contribution >= 4 is 39.3 Å². The van der Waals surface area contributed by atoms with Crippen LogP contribution in [0.5, 0.6) is 0 Å². The van der Waals surface area contributed by atoms with Crippen LogP contribution in [0.15, 0.2) is 16.6 Å². The van der Waals surface area contributed by atoms with Gasteiger partial charge in [0.1, 0.15) is 0 Å². The number of hydrogen-bond donors (Lipinski definition) is 0. The van der Waals surface area contributed by atoms with Crippen molar-refractivity contribution in [3.8, 4) is 0 Å². The van der Waals surface area contributed by atoms with E-state index in [2.05, 4.69) is 20.7 Å². The largest absolute Gasteiger partial charge is 0.460 e. The zero-order valence-electron chi connectivity index (χ0n) is 8.22. The predicted molar refractivity (Wildman–Crippen MR) is 60.1 cm³/mol. The third kappa shape index (κ3) is 2.59. The van der Waals surface area contributed by atoms with Crippen LogP contribution in [0.3, 0.4) is 0 Å². The molecule has 0 N–H and O–H groups in total. The number of carbonyl (C=O) groups excluding carboxylic acids is 2. The second kappa shape index (κ2) is 5.41. The van der Waals surface area contributed by atoms with Gasteiger partial charge in [-0.2, -0.15) is 0 Å². The minimum Gasteiger partial charge on any atom is -0.460 e. The van der Waals surface area contributed by atoms with Gasteiger partial charge in [-0.05, 0) is 35.0 Å². The highest BCUT2D eigenvalue weighted by Crippen LogP contribution is 2.27. The number of Topliss-reactive ketones (excluding diaryl/α,β-unsaturated/α-hetero) is 1. The first-order valence-corrected chi connectivity index (χ1v) is 5.51. The molecule has 3 nitrogen and oxygen atoms in total. The Morgan fingerprint density at radius 2 is 2.12 bits per heavy atom. The first-order valence-electron chi connectivity index (χ1n) is 4.34. The zero-order chi connectivity index (χ0) is 12.3. The maximum absolute atomic E-state index is 13.5. The topological polar surface area (TPSA) is 43.4 Å². The molecule has 86 valence electrons. The number of carbonyl (C=O) groups is 2. The summed E-state index contributed by atoms with van der Waals surface area (Å²) >= 11 is 8.58. The van der Waals surface area contributed by atoms with Crippen LogP contribution in [0.2, 0.25) is 5.02 Å². The highest BCUT2D eigenvalue weighted by Gasteiger charge is 2.23. The van der Waals surface area contributed by atoms with E-state index in [4.69, 9.17) is 11.6 Å². The van der Waals surface area contributed by atoms with Crippen LogP contribution in [0, 0.1) is 5.82 Å². The molecule has 0 amide bonds. The number of halogens is 3. The quantitative estimate of drug-likeness (QED) is 0.373. The van der Waals surface area contributed by atoms with Crippen molar-refractivity contribution in [3.05, 3.63) is 33.0 Å². The monoisotopic (exact) mass is 308 g/mol. The van der Waals surface area contributed by atoms with Gasteiger partial charge in [-0.25, -0.2) is 9.18 Å². The average Bonchev–Trinajstić information content (AvgIpc) is 2.26. The molecule has 0 heterocycles. The van der Waals surface area contributed by atoms with Crippen molar-refractivity contribution in [1.29, 1.82) is 0 Å². The Hall–Kier alpha value is -0.940. The van der Waals surface area contributed by atoms with Gasteiger partial charge in [0, 0.05) is 4.47 Å². The van der Waals surface area contributed by atoms with E-state index in [-0.39, 0.29) is 11.6 Å². The SMILES string of the molecule is CCOC(=O)C(=O)c1ccc(Br)c(Cl)c1F. The lowest BCUT2D eigenvalue weighted by atomic mass is 10.1. The molecule has 6 heteroatoms. The zero-order valence-corrected chi connectivity index (χ0v) is 10.6. The first-order chi connectivity index (χ1) is 7.49. The maximum atomic E-state index is 13.5. The van der Waals surface area contributed by atoms with Crippen molar-refractivity contribution in [2.24, 2.45) is 0 Å². The molecular formula is C10H7BrClFO3. The average molecular weight is 310 g/mol. The molecule has 1 rings (SSSR count). The van der Waals surface area contributed by atoms with Gasteiger partial charge in [-0.15, -0.1) is 0 Å². The van der Waals surface area contributed by atoms with E-state index >= 15 is 0 Å². The fraction of sp³-hybridized carbons (Fsp3) is 0.200. The third-order valence-corrected chi connectivity index (χ3v) is 3.00. The van der Waals surface area contributed by atoms with Crippen LogP contribution in [-0.2, 0) is 9.53 Å². The second-order valence-electron chi connectivity index (χ2n) is 2.77. The lowest BCUT2D eigenvalue weighted by Crippen LogP contribution is -2.18. The molecule has 0 aromatic heterocycles. The Morgan fingerprint density at radius 1 is 1.50 bits per heavy atom. The van der Waals surface area contributed by atoms with E-state index in [1.165, 1.54) is 12.1 Å². The number of rotatable bonds is 3. The summed E-state index contributed by atoms with van der Waals surface area (Å²) in [5.74, 6) is -3.08. The van der Waals surface area contributed by atoms with Gasteiger partial charge in [0.05, 0.1) is 17.2 Å². The third-order valence-electron chi connectivity index (χ3n) is 1.74. The molecular weight excluding hydrogens is 302 g/mol. The van der Waals surface area contributed by atoms with Gasteiger partial charge in [-0.3, -0.25) is 4.79 Å². The van der Waals surface area contributed by atoms with E-state index < -0.39 is 23.1 Å². The minimum absolute atomic E-state index is 0.0520. The van der Waals surface area contributed by atoms with E-state index in [1.807, 2.05) is 0 Å². The van der Waals surface area contributed by atoms with Crippen LogP contribution in [0.1, 0.15) is 17.3 Å². The maximum Gasteiger partial charge on any atom is 0.379 e. The number of esters is 1. The van der Waals surface area contributed by atoms with Crippen molar-refractivity contribution < 1.29 is 18.7 Å². The molecule has 0 aliphatic heterocycles. The van der Waals surface area contributed by atoms with Gasteiger partial charge >= 0.3 is 5.97 Å². The summed E-state index contributed by atoms with van der Waals surface area (Å²) in [6.45, 7) is 1.60. The van der Waals surface area contributed by atoms with Gasteiger partial charge < -0.3 is 4.74 Å². The molecule has 0 unspecified atom stereocenters. The molecule has 0 bridgehead atoms. The highest BCUT2D eigenvalue weighted by molar-refractivity contribution is 9.10. The van der Waals surface area contributed by atoms with Crippen LogP contribution in [0.4, 0.5) is 4.39 Å². The molecule has 16 heavy (non-hydrogen) atoms. The lowest BCUT2D eigenvalue weighted by Gasteiger charge is -2.04.